The molecule has 6 heteroatoms. The second-order valence-electron chi connectivity index (χ2n) is 7.28. The predicted molar refractivity (Wildman–Crippen MR) is 110 cm³/mol. The van der Waals surface area contributed by atoms with Crippen LogP contribution in [0.2, 0.25) is 0 Å². The van der Waals surface area contributed by atoms with Crippen LogP contribution >= 0.6 is 15.9 Å². The van der Waals surface area contributed by atoms with Crippen molar-refractivity contribution in [3.05, 3.63) is 63.1 Å². The van der Waals surface area contributed by atoms with Crippen molar-refractivity contribution in [3.8, 4) is 5.75 Å². The molecule has 3 rings (SSSR count). The van der Waals surface area contributed by atoms with Crippen LogP contribution in [0.15, 0.2) is 40.9 Å². The van der Waals surface area contributed by atoms with E-state index in [4.69, 9.17) is 9.47 Å². The van der Waals surface area contributed by atoms with Crippen molar-refractivity contribution < 1.29 is 24.8 Å². The first kappa shape index (κ1) is 21.3. The molecule has 0 aliphatic carbocycles. The molecule has 0 bridgehead atoms. The number of ether oxygens (including phenoxy) is 2. The van der Waals surface area contributed by atoms with Crippen molar-refractivity contribution in [1.29, 1.82) is 0 Å². The van der Waals surface area contributed by atoms with Gasteiger partial charge in [-0.25, -0.2) is 0 Å². The lowest BCUT2D eigenvalue weighted by Gasteiger charge is -2.42. The predicted octanol–water partition coefficient (Wildman–Crippen LogP) is 3.64. The Labute approximate surface area is 174 Å². The molecule has 0 radical (unpaired) electrons. The number of methoxy groups -OCH3 is 1. The van der Waals surface area contributed by atoms with Crippen LogP contribution in [0.5, 0.6) is 5.75 Å². The summed E-state index contributed by atoms with van der Waals surface area (Å²) in [6, 6.07) is 11.9. The molecule has 1 saturated heterocycles. The quantitative estimate of drug-likeness (QED) is 0.625. The molecule has 3 atom stereocenters. The highest BCUT2D eigenvalue weighted by Gasteiger charge is 2.44. The van der Waals surface area contributed by atoms with Gasteiger partial charge in [0.2, 0.25) is 5.79 Å². The minimum Gasteiger partial charge on any atom is -0.507 e. The van der Waals surface area contributed by atoms with Gasteiger partial charge in [0.05, 0.1) is 24.4 Å². The molecule has 1 heterocycles. The second kappa shape index (κ2) is 8.93. The minimum absolute atomic E-state index is 0.0181. The smallest absolute Gasteiger partial charge is 0.201 e. The Morgan fingerprint density at radius 3 is 2.50 bits per heavy atom. The first-order valence-corrected chi connectivity index (χ1v) is 10.3. The molecule has 3 unspecified atom stereocenters. The number of aryl methyl sites for hydroxylation is 1. The van der Waals surface area contributed by atoms with E-state index in [1.165, 1.54) is 12.7 Å². The summed E-state index contributed by atoms with van der Waals surface area (Å²) in [5, 5.41) is 30.4. The van der Waals surface area contributed by atoms with Crippen LogP contribution in [-0.4, -0.2) is 41.2 Å². The molecule has 2 aromatic rings. The molecule has 1 fully saturated rings. The van der Waals surface area contributed by atoms with Crippen LogP contribution in [0.3, 0.4) is 0 Å². The third kappa shape index (κ3) is 4.42. The van der Waals surface area contributed by atoms with Crippen molar-refractivity contribution >= 4 is 15.9 Å². The van der Waals surface area contributed by atoms with E-state index in [0.717, 1.165) is 22.0 Å². The van der Waals surface area contributed by atoms with Gasteiger partial charge >= 0.3 is 0 Å². The molecule has 0 saturated carbocycles. The van der Waals surface area contributed by atoms with Gasteiger partial charge in [0.15, 0.2) is 0 Å². The average Bonchev–Trinajstić information content (AvgIpc) is 2.69. The van der Waals surface area contributed by atoms with Gasteiger partial charge in [0, 0.05) is 24.4 Å². The number of rotatable bonds is 6. The molecule has 152 valence electrons. The van der Waals surface area contributed by atoms with E-state index in [2.05, 4.69) is 47.1 Å². The monoisotopic (exact) mass is 450 g/mol. The number of halogens is 1. The SMILES string of the molecule is CCc1ccc(Cc2cc(C3(OC)CC(O)CC(CO)O3)c(O)cc2Br)cc1. The number of aliphatic hydroxyl groups is 2. The number of phenolic OH excluding ortho intramolecular Hbond substituents is 1. The van der Waals surface area contributed by atoms with E-state index >= 15 is 0 Å². The third-order valence-electron chi connectivity index (χ3n) is 5.33. The fourth-order valence-electron chi connectivity index (χ4n) is 3.75. The molecule has 2 aromatic carbocycles. The lowest BCUT2D eigenvalue weighted by Crippen LogP contribution is -2.46. The standard InChI is InChI=1S/C22H27BrO5/c1-3-14-4-6-15(7-5-14)8-16-9-19(21(26)11-20(16)23)22(27-2)12-17(25)10-18(13-24)28-22/h4-7,9,11,17-18,24-26H,3,8,10,12-13H2,1-2H3. The number of hydrogen-bond donors (Lipinski definition) is 3. The Morgan fingerprint density at radius 2 is 1.89 bits per heavy atom. The summed E-state index contributed by atoms with van der Waals surface area (Å²) >= 11 is 3.54. The zero-order valence-corrected chi connectivity index (χ0v) is 17.8. The molecule has 0 amide bonds. The van der Waals surface area contributed by atoms with E-state index in [-0.39, 0.29) is 18.8 Å². The summed E-state index contributed by atoms with van der Waals surface area (Å²) in [4.78, 5) is 0. The Kier molecular flexibility index (Phi) is 6.78. The summed E-state index contributed by atoms with van der Waals surface area (Å²) in [6.45, 7) is 1.90. The van der Waals surface area contributed by atoms with Gasteiger partial charge in [-0.05, 0) is 41.7 Å². The van der Waals surface area contributed by atoms with Gasteiger partial charge in [0.1, 0.15) is 5.75 Å². The lowest BCUT2D eigenvalue weighted by molar-refractivity contribution is -0.299. The molecule has 5 nitrogen and oxygen atoms in total. The number of hydrogen-bond acceptors (Lipinski definition) is 5. The van der Waals surface area contributed by atoms with Gasteiger partial charge in [-0.2, -0.15) is 0 Å². The molecule has 1 aliphatic rings. The van der Waals surface area contributed by atoms with Crippen LogP contribution in [0.25, 0.3) is 0 Å². The van der Waals surface area contributed by atoms with E-state index in [9.17, 15) is 15.3 Å². The van der Waals surface area contributed by atoms with E-state index in [1.54, 1.807) is 6.07 Å². The van der Waals surface area contributed by atoms with E-state index < -0.39 is 18.0 Å². The maximum absolute atomic E-state index is 10.6. The highest BCUT2D eigenvalue weighted by atomic mass is 79.9. The number of aliphatic hydroxyl groups excluding tert-OH is 2. The largest absolute Gasteiger partial charge is 0.507 e. The zero-order chi connectivity index (χ0) is 20.3. The van der Waals surface area contributed by atoms with Crippen LogP contribution in [-0.2, 0) is 28.1 Å². The van der Waals surface area contributed by atoms with Crippen molar-refractivity contribution in [3.63, 3.8) is 0 Å². The Morgan fingerprint density at radius 1 is 1.21 bits per heavy atom. The Hall–Kier alpha value is -1.44. The summed E-state index contributed by atoms with van der Waals surface area (Å²) in [7, 11) is 1.48. The highest BCUT2D eigenvalue weighted by Crippen LogP contribution is 2.44. The van der Waals surface area contributed by atoms with Crippen molar-refractivity contribution in [2.75, 3.05) is 13.7 Å². The molecule has 3 N–H and O–H groups in total. The van der Waals surface area contributed by atoms with Crippen LogP contribution < -0.4 is 0 Å². The fourth-order valence-corrected chi connectivity index (χ4v) is 4.22. The molecule has 0 aromatic heterocycles. The Bertz CT molecular complexity index is 807. The minimum atomic E-state index is -1.31. The van der Waals surface area contributed by atoms with Gasteiger partial charge in [0.25, 0.3) is 0 Å². The van der Waals surface area contributed by atoms with Crippen LogP contribution in [0.1, 0.15) is 42.0 Å². The number of aromatic hydroxyl groups is 1. The molecular formula is C22H27BrO5. The molecule has 28 heavy (non-hydrogen) atoms. The third-order valence-corrected chi connectivity index (χ3v) is 6.07. The van der Waals surface area contributed by atoms with Crippen molar-refractivity contribution in [2.45, 2.75) is 50.6 Å². The topological polar surface area (TPSA) is 79.2 Å². The summed E-state index contributed by atoms with van der Waals surface area (Å²) in [5.41, 5.74) is 3.86. The van der Waals surface area contributed by atoms with Gasteiger partial charge in [-0.15, -0.1) is 0 Å². The number of benzene rings is 2. The maximum Gasteiger partial charge on any atom is 0.201 e. The van der Waals surface area contributed by atoms with Crippen molar-refractivity contribution in [1.82, 2.24) is 0 Å². The second-order valence-corrected chi connectivity index (χ2v) is 8.14. The number of phenols is 1. The van der Waals surface area contributed by atoms with E-state index in [0.29, 0.717) is 18.4 Å². The molecule has 1 aliphatic heterocycles. The van der Waals surface area contributed by atoms with E-state index in [1.807, 2.05) is 6.07 Å². The maximum atomic E-state index is 10.6. The first-order chi connectivity index (χ1) is 13.4. The fraction of sp³-hybridized carbons (Fsp3) is 0.455. The van der Waals surface area contributed by atoms with Crippen molar-refractivity contribution in [2.24, 2.45) is 0 Å². The summed E-state index contributed by atoms with van der Waals surface area (Å²) in [5.74, 6) is -1.29. The zero-order valence-electron chi connectivity index (χ0n) is 16.2. The normalized spacial score (nSPS) is 25.0. The van der Waals surface area contributed by atoms with Gasteiger partial charge < -0.3 is 24.8 Å². The summed E-state index contributed by atoms with van der Waals surface area (Å²) < 4.78 is 12.4. The van der Waals surface area contributed by atoms with Gasteiger partial charge in [-0.1, -0.05) is 47.1 Å². The van der Waals surface area contributed by atoms with Gasteiger partial charge in [-0.3, -0.25) is 0 Å². The van der Waals surface area contributed by atoms with Crippen LogP contribution in [0.4, 0.5) is 0 Å². The summed E-state index contributed by atoms with van der Waals surface area (Å²) in [6.07, 6.45) is 0.921. The molecule has 0 spiro atoms. The first-order valence-electron chi connectivity index (χ1n) is 9.52. The average molecular weight is 451 g/mol. The van der Waals surface area contributed by atoms with Crippen LogP contribution in [0, 0.1) is 0 Å². The lowest BCUT2D eigenvalue weighted by atomic mass is 9.90. The Balaban J connectivity index is 1.97. The highest BCUT2D eigenvalue weighted by molar-refractivity contribution is 9.10. The molecular weight excluding hydrogens is 424 g/mol.